The van der Waals surface area contributed by atoms with Crippen molar-refractivity contribution in [3.63, 3.8) is 0 Å². The summed E-state index contributed by atoms with van der Waals surface area (Å²) in [5.74, 6) is 0. The number of anilines is 1. The van der Waals surface area contributed by atoms with E-state index in [9.17, 15) is 0 Å². The summed E-state index contributed by atoms with van der Waals surface area (Å²) in [5, 5.41) is 21.4. The summed E-state index contributed by atoms with van der Waals surface area (Å²) < 4.78 is 110. The van der Waals surface area contributed by atoms with Crippen LogP contribution in [0.5, 0.6) is 0 Å². The van der Waals surface area contributed by atoms with E-state index >= 15 is 0 Å². The van der Waals surface area contributed by atoms with Gasteiger partial charge in [0.1, 0.15) is 6.61 Å². The first-order valence-electron chi connectivity index (χ1n) is 30.8. The zero-order valence-electron chi connectivity index (χ0n) is 52.4. The van der Waals surface area contributed by atoms with Gasteiger partial charge >= 0.3 is 0 Å². The first-order valence-corrected chi connectivity index (χ1v) is 31.2. The summed E-state index contributed by atoms with van der Waals surface area (Å²) in [5.41, 5.74) is 6.34. The Hall–Kier alpha value is -3.17. The van der Waals surface area contributed by atoms with E-state index in [4.69, 9.17) is 117 Å². The molecule has 0 heterocycles. The van der Waals surface area contributed by atoms with Crippen LogP contribution in [0.25, 0.3) is 5.57 Å². The molecule has 2 aromatic rings. The second-order valence-corrected chi connectivity index (χ2v) is 19.0. The summed E-state index contributed by atoms with van der Waals surface area (Å²) >= 11 is 6.29. The van der Waals surface area contributed by atoms with E-state index in [1.807, 2.05) is 24.3 Å². The van der Waals surface area contributed by atoms with Crippen molar-refractivity contribution in [2.75, 3.05) is 296 Å². The largest absolute Gasteiger partial charge is 1.00 e. The number of aliphatic hydroxyl groups excluding tert-OH is 2. The van der Waals surface area contributed by atoms with Crippen LogP contribution in [0, 0.1) is 0 Å². The Morgan fingerprint density at radius 2 is 0.539 bits per heavy atom. The van der Waals surface area contributed by atoms with Crippen molar-refractivity contribution >= 4 is 28.6 Å². The Bertz CT molecular complexity index is 1940. The number of ether oxygens (including phenoxy) is 20. The zero-order chi connectivity index (χ0) is 62.2. The Balaban J connectivity index is 0.0000270. The number of hydrogen-bond acceptors (Lipinski definition) is 23. The number of allylic oxidation sites excluding steroid dienone is 5. The quantitative estimate of drug-likeness (QED) is 0.0611. The minimum Gasteiger partial charge on any atom is -1.00 e. The van der Waals surface area contributed by atoms with Gasteiger partial charge in [0, 0.05) is 29.4 Å². The van der Waals surface area contributed by atoms with Gasteiger partial charge in [0.2, 0.25) is 0 Å². The normalized spacial score (nSPS) is 12.2. The smallest absolute Gasteiger partial charge is 0.198 e. The van der Waals surface area contributed by atoms with E-state index in [1.54, 1.807) is 0 Å². The van der Waals surface area contributed by atoms with Crippen molar-refractivity contribution in [2.45, 2.75) is 0 Å². The fraction of sp³-hybridized carbons (Fsp3) is 0.698. The molecule has 2 aromatic carbocycles. The van der Waals surface area contributed by atoms with Crippen LogP contribution < -0.4 is 22.7 Å². The maximum Gasteiger partial charge on any atom is 0.198 e. The molecule has 0 saturated heterocycles. The summed E-state index contributed by atoms with van der Waals surface area (Å²) in [7, 11) is 0. The molecule has 0 amide bonds. The maximum absolute atomic E-state index is 8.64. The van der Waals surface area contributed by atoms with Gasteiger partial charge in [-0.2, -0.15) is 0 Å². The van der Waals surface area contributed by atoms with Crippen LogP contribution in [0.4, 0.5) is 5.69 Å². The van der Waals surface area contributed by atoms with E-state index in [-0.39, 0.29) is 25.6 Å². The lowest BCUT2D eigenvalue weighted by atomic mass is 9.91. The molecular weight excluding hydrogens is 1210 g/mol. The van der Waals surface area contributed by atoms with E-state index in [2.05, 4.69) is 58.9 Å². The molecule has 0 spiro atoms. The van der Waals surface area contributed by atoms with E-state index in [0.29, 0.717) is 282 Å². The minimum absolute atomic E-state index is 0. The number of hydrogen-bond donors (Lipinski definition) is 4. The average Bonchev–Trinajstić information content (AvgIpc) is 1.97. The van der Waals surface area contributed by atoms with Crippen LogP contribution in [0.1, 0.15) is 11.1 Å². The van der Waals surface area contributed by atoms with Gasteiger partial charge in [-0.1, -0.05) is 35.9 Å². The zero-order valence-corrected chi connectivity index (χ0v) is 53.9. The Kier molecular flexibility index (Phi) is 59.8. The van der Waals surface area contributed by atoms with Crippen LogP contribution >= 0.6 is 11.6 Å². The number of nitrogens with one attached hydrogen (secondary N) is 2. The molecule has 0 fully saturated rings. The molecule has 1 aliphatic rings. The van der Waals surface area contributed by atoms with Crippen LogP contribution in [-0.2, 0) is 94.7 Å². The number of rotatable bonds is 67. The van der Waals surface area contributed by atoms with Crippen molar-refractivity contribution in [3.8, 4) is 0 Å². The molecular formula is C63H104Cl2N2O22. The highest BCUT2D eigenvalue weighted by molar-refractivity contribution is 6.30. The Morgan fingerprint density at radius 3 is 0.809 bits per heavy atom. The van der Waals surface area contributed by atoms with Crippen molar-refractivity contribution in [1.82, 2.24) is 0 Å². The SMILES string of the molecule is OCCOCCOCCOCCOCCOCCOCCOCCOCCOCCOCCNc1ccc(C(=C2C=CC(=[NH+]CCOCCOCCOCCOCCOCCOCCOCCOCCOCCOCCO)C=C2)c2ccc(Cl)cc2)cc1.[Cl-]. The topological polar surface area (TPSA) is 251 Å². The molecule has 0 aromatic heterocycles. The molecule has 89 heavy (non-hydrogen) atoms. The number of halogens is 2. The molecule has 512 valence electrons. The summed E-state index contributed by atoms with van der Waals surface area (Å²) in [6.07, 6.45) is 8.42. The Labute approximate surface area is 539 Å². The lowest BCUT2D eigenvalue weighted by Gasteiger charge is -2.15. The Morgan fingerprint density at radius 1 is 0.303 bits per heavy atom. The van der Waals surface area contributed by atoms with Crippen LogP contribution in [0.15, 0.2) is 78.4 Å². The second kappa shape index (κ2) is 64.9. The van der Waals surface area contributed by atoms with Gasteiger partial charge in [0.05, 0.1) is 271 Å². The predicted octanol–water partition coefficient (Wildman–Crippen LogP) is -0.478. The summed E-state index contributed by atoms with van der Waals surface area (Å²) in [4.78, 5) is 3.45. The summed E-state index contributed by atoms with van der Waals surface area (Å²) in [6, 6.07) is 16.3. The average molecular weight is 1310 g/mol. The van der Waals surface area contributed by atoms with Gasteiger partial charge < -0.3 is 123 Å². The standard InChI is InChI=1S/C63H103ClN2O22.ClH/c64-60-7-1-57(2-8-60)63(58-3-9-61(10-4-58)65-13-17-69-21-25-73-29-33-77-37-41-81-45-49-85-53-55-87-51-47-83-43-39-79-35-31-75-27-23-71-19-15-67)59-5-11-62(12-6-59)66-14-18-70-22-26-74-30-34-78-38-42-82-46-50-86-54-56-88-52-48-84-44-40-80-36-32-76-28-24-72-20-16-68;/h1-12,65,67-68H,13-56H2;1H. The van der Waals surface area contributed by atoms with E-state index < -0.39 is 0 Å². The predicted molar refractivity (Wildman–Crippen MR) is 332 cm³/mol. The van der Waals surface area contributed by atoms with Gasteiger partial charge in [0.25, 0.3) is 0 Å². The van der Waals surface area contributed by atoms with Crippen molar-refractivity contribution in [2.24, 2.45) is 0 Å². The van der Waals surface area contributed by atoms with Crippen LogP contribution in [-0.4, -0.2) is 307 Å². The lowest BCUT2D eigenvalue weighted by molar-refractivity contribution is -0.459. The lowest BCUT2D eigenvalue weighted by Crippen LogP contribution is -3.00. The van der Waals surface area contributed by atoms with E-state index in [1.165, 1.54) is 0 Å². The highest BCUT2D eigenvalue weighted by Gasteiger charge is 2.13. The van der Waals surface area contributed by atoms with Gasteiger partial charge in [-0.15, -0.1) is 0 Å². The fourth-order valence-electron chi connectivity index (χ4n) is 7.45. The van der Waals surface area contributed by atoms with Gasteiger partial charge in [-0.3, -0.25) is 0 Å². The van der Waals surface area contributed by atoms with Crippen LogP contribution in [0.3, 0.4) is 0 Å². The van der Waals surface area contributed by atoms with E-state index in [0.717, 1.165) is 33.7 Å². The third-order valence-electron chi connectivity index (χ3n) is 11.8. The highest BCUT2D eigenvalue weighted by atomic mass is 35.5. The molecule has 0 aliphatic heterocycles. The van der Waals surface area contributed by atoms with Gasteiger partial charge in [0.15, 0.2) is 12.3 Å². The molecule has 0 bridgehead atoms. The molecule has 1 aliphatic carbocycles. The van der Waals surface area contributed by atoms with Crippen molar-refractivity contribution < 1.29 is 122 Å². The molecule has 0 radical (unpaired) electrons. The molecule has 26 heteroatoms. The third kappa shape index (κ3) is 51.0. The van der Waals surface area contributed by atoms with Crippen molar-refractivity contribution in [1.29, 1.82) is 0 Å². The fourth-order valence-corrected chi connectivity index (χ4v) is 7.58. The monoisotopic (exact) mass is 1310 g/mol. The molecule has 4 N–H and O–H groups in total. The minimum atomic E-state index is 0. The molecule has 0 atom stereocenters. The molecule has 0 saturated carbocycles. The first-order chi connectivity index (χ1) is 43.7. The summed E-state index contributed by atoms with van der Waals surface area (Å²) in [6.45, 7) is 20.6. The molecule has 24 nitrogen and oxygen atoms in total. The second-order valence-electron chi connectivity index (χ2n) is 18.6. The number of benzene rings is 2. The van der Waals surface area contributed by atoms with Gasteiger partial charge in [-0.25, -0.2) is 4.99 Å². The number of aliphatic hydroxyl groups is 2. The molecule has 3 rings (SSSR count). The highest BCUT2D eigenvalue weighted by Crippen LogP contribution is 2.31. The van der Waals surface area contributed by atoms with Crippen molar-refractivity contribution in [3.05, 3.63) is 94.6 Å². The maximum atomic E-state index is 8.64. The molecule has 0 unspecified atom stereocenters. The first kappa shape index (κ1) is 81.9. The van der Waals surface area contributed by atoms with Crippen LogP contribution in [0.2, 0.25) is 5.02 Å². The third-order valence-corrected chi connectivity index (χ3v) is 12.1. The van der Waals surface area contributed by atoms with Gasteiger partial charge in [-0.05, 0) is 58.7 Å².